The second kappa shape index (κ2) is 10.1. The fourth-order valence-electron chi connectivity index (χ4n) is 5.35. The summed E-state index contributed by atoms with van der Waals surface area (Å²) >= 11 is 0. The number of anilines is 2. The number of nitriles is 1. The van der Waals surface area contributed by atoms with Crippen LogP contribution >= 0.6 is 0 Å². The Labute approximate surface area is 213 Å². The molecule has 1 aromatic heterocycles. The third kappa shape index (κ3) is 5.10. The number of nitrogens with one attached hydrogen (secondary N) is 1. The molecule has 1 amide bonds. The Kier molecular flexibility index (Phi) is 6.74. The van der Waals surface area contributed by atoms with Gasteiger partial charge in [-0.25, -0.2) is 0 Å². The number of para-hydroxylation sites is 1. The number of amides is 1. The summed E-state index contributed by atoms with van der Waals surface area (Å²) in [6.07, 6.45) is -1.99. The topological polar surface area (TPSA) is 72.3 Å². The van der Waals surface area contributed by atoms with Crippen LogP contribution in [0.5, 0.6) is 0 Å². The number of carbonyl (C=O) groups is 1. The first-order valence-corrected chi connectivity index (χ1v) is 12.2. The van der Waals surface area contributed by atoms with Gasteiger partial charge in [0.1, 0.15) is 6.07 Å². The van der Waals surface area contributed by atoms with Crippen molar-refractivity contribution in [1.29, 1.82) is 5.26 Å². The number of aromatic nitrogens is 1. The largest absolute Gasteiger partial charge is 0.416 e. The molecule has 0 unspecified atom stereocenters. The molecular weight excluding hydrogens is 479 g/mol. The van der Waals surface area contributed by atoms with E-state index in [0.29, 0.717) is 43.7 Å². The molecule has 2 aliphatic heterocycles. The zero-order valence-corrected chi connectivity index (χ0v) is 20.1. The number of pyridine rings is 1. The Bertz CT molecular complexity index is 1320. The average Bonchev–Trinajstić information content (AvgIpc) is 2.92. The van der Waals surface area contributed by atoms with Crippen molar-refractivity contribution in [3.8, 4) is 6.07 Å². The van der Waals surface area contributed by atoms with Crippen molar-refractivity contribution in [3.05, 3.63) is 89.2 Å². The summed E-state index contributed by atoms with van der Waals surface area (Å²) in [5, 5.41) is 12.6. The highest BCUT2D eigenvalue weighted by Crippen LogP contribution is 2.40. The van der Waals surface area contributed by atoms with Crippen molar-refractivity contribution >= 4 is 17.3 Å². The first kappa shape index (κ1) is 24.6. The Morgan fingerprint density at radius 1 is 1.08 bits per heavy atom. The van der Waals surface area contributed by atoms with E-state index in [9.17, 15) is 23.2 Å². The van der Waals surface area contributed by atoms with E-state index in [1.165, 1.54) is 12.1 Å². The smallest absolute Gasteiger partial charge is 0.367 e. The van der Waals surface area contributed by atoms with Gasteiger partial charge in [0.2, 0.25) is 5.91 Å². The molecular formula is C28H26F3N5O. The number of rotatable bonds is 5. The van der Waals surface area contributed by atoms with Gasteiger partial charge < -0.3 is 15.1 Å². The third-order valence-electron chi connectivity index (χ3n) is 7.15. The minimum Gasteiger partial charge on any atom is -0.367 e. The van der Waals surface area contributed by atoms with Crippen molar-refractivity contribution < 1.29 is 18.0 Å². The Morgan fingerprint density at radius 2 is 1.89 bits per heavy atom. The van der Waals surface area contributed by atoms with Gasteiger partial charge in [0.15, 0.2) is 0 Å². The number of benzene rings is 2. The summed E-state index contributed by atoms with van der Waals surface area (Å²) in [7, 11) is 0. The lowest BCUT2D eigenvalue weighted by atomic mass is 9.82. The molecule has 2 atom stereocenters. The monoisotopic (exact) mass is 505 g/mol. The third-order valence-corrected chi connectivity index (χ3v) is 7.15. The molecule has 9 heteroatoms. The van der Waals surface area contributed by atoms with E-state index in [0.717, 1.165) is 23.1 Å². The molecule has 0 spiro atoms. The molecule has 5 rings (SSSR count). The summed E-state index contributed by atoms with van der Waals surface area (Å²) in [5.41, 5.74) is 2.77. The minimum absolute atomic E-state index is 0.190. The van der Waals surface area contributed by atoms with Crippen LogP contribution in [0.2, 0.25) is 0 Å². The molecule has 6 nitrogen and oxygen atoms in total. The van der Waals surface area contributed by atoms with E-state index < -0.39 is 17.7 Å². The summed E-state index contributed by atoms with van der Waals surface area (Å²) in [5.74, 6) is -0.735. The molecule has 0 aliphatic carbocycles. The van der Waals surface area contributed by atoms with Crippen LogP contribution in [-0.2, 0) is 23.8 Å². The maximum atomic E-state index is 13.5. The first-order valence-electron chi connectivity index (χ1n) is 12.2. The van der Waals surface area contributed by atoms with Crippen molar-refractivity contribution in [2.24, 2.45) is 5.92 Å². The molecule has 0 saturated carbocycles. The molecule has 2 aromatic carbocycles. The fraction of sp³-hybridized carbons (Fsp3) is 0.321. The molecule has 1 saturated heterocycles. The number of alkyl halides is 3. The molecule has 2 aliphatic rings. The normalized spacial score (nSPS) is 19.0. The van der Waals surface area contributed by atoms with Gasteiger partial charge in [-0.05, 0) is 54.4 Å². The second-order valence-corrected chi connectivity index (χ2v) is 9.35. The number of halogens is 3. The first-order chi connectivity index (χ1) is 17.8. The number of hydrogen-bond acceptors (Lipinski definition) is 5. The van der Waals surface area contributed by atoms with Gasteiger partial charge in [-0.1, -0.05) is 18.2 Å². The lowest BCUT2D eigenvalue weighted by molar-refractivity contribution is -0.137. The Balaban J connectivity index is 1.42. The minimum atomic E-state index is -4.45. The van der Waals surface area contributed by atoms with Crippen molar-refractivity contribution in [3.63, 3.8) is 0 Å². The highest BCUT2D eigenvalue weighted by atomic mass is 19.4. The van der Waals surface area contributed by atoms with Crippen LogP contribution in [-0.4, -0.2) is 43.1 Å². The predicted octanol–water partition coefficient (Wildman–Crippen LogP) is 4.20. The van der Waals surface area contributed by atoms with E-state index in [1.807, 2.05) is 36.4 Å². The highest BCUT2D eigenvalue weighted by molar-refractivity contribution is 5.82. The summed E-state index contributed by atoms with van der Waals surface area (Å²) in [4.78, 5) is 21.9. The Hall–Kier alpha value is -4.06. The van der Waals surface area contributed by atoms with Crippen LogP contribution in [0.4, 0.5) is 24.5 Å². The van der Waals surface area contributed by atoms with Crippen LogP contribution in [0, 0.1) is 17.2 Å². The molecule has 0 radical (unpaired) electrons. The van der Waals surface area contributed by atoms with Gasteiger partial charge in [0.25, 0.3) is 0 Å². The summed E-state index contributed by atoms with van der Waals surface area (Å²) in [6, 6.07) is 18.7. The van der Waals surface area contributed by atoms with Gasteiger partial charge in [0.05, 0.1) is 28.8 Å². The molecule has 3 aromatic rings. The van der Waals surface area contributed by atoms with Gasteiger partial charge in [-0.15, -0.1) is 0 Å². The second-order valence-electron chi connectivity index (χ2n) is 9.35. The van der Waals surface area contributed by atoms with Crippen molar-refractivity contribution in [2.45, 2.75) is 25.1 Å². The fourth-order valence-corrected chi connectivity index (χ4v) is 5.35. The number of hydrogen-bond donors (Lipinski definition) is 1. The van der Waals surface area contributed by atoms with E-state index in [4.69, 9.17) is 0 Å². The standard InChI is InChI=1S/C28H26F3N5O/c29-28(30,31)21-8-9-25-20(15-21)16-23(27(37)34-12-10-22-6-3-4-11-33-22)26-18-35(13-14-36(25)26)24-7-2-1-5-19(24)17-32/h1-9,11,15,23,26H,10,12-14,16,18H2,(H,34,37)/t23-,26+/m0/s1. The lowest BCUT2D eigenvalue weighted by Crippen LogP contribution is -2.61. The SMILES string of the molecule is N#Cc1ccccc1N1CCN2c3ccc(C(F)(F)F)cc3C[C@H](C(=O)NCCc3ccccn3)[C@H]2C1. The number of piperazine rings is 1. The summed E-state index contributed by atoms with van der Waals surface area (Å²) < 4.78 is 40.4. The highest BCUT2D eigenvalue weighted by Gasteiger charge is 2.43. The zero-order valence-electron chi connectivity index (χ0n) is 20.1. The molecule has 190 valence electrons. The van der Waals surface area contributed by atoms with E-state index >= 15 is 0 Å². The van der Waals surface area contributed by atoms with Gasteiger partial charge in [-0.3, -0.25) is 9.78 Å². The predicted molar refractivity (Wildman–Crippen MR) is 134 cm³/mol. The summed E-state index contributed by atoms with van der Waals surface area (Å²) in [6.45, 7) is 1.98. The Morgan fingerprint density at radius 3 is 2.65 bits per heavy atom. The molecule has 0 bridgehead atoms. The van der Waals surface area contributed by atoms with Crippen LogP contribution in [0.3, 0.4) is 0 Å². The van der Waals surface area contributed by atoms with Gasteiger partial charge in [0, 0.05) is 50.2 Å². The van der Waals surface area contributed by atoms with Crippen molar-refractivity contribution in [1.82, 2.24) is 10.3 Å². The van der Waals surface area contributed by atoms with Crippen LogP contribution < -0.4 is 15.1 Å². The number of fused-ring (bicyclic) bond motifs is 3. The van der Waals surface area contributed by atoms with E-state index in [1.54, 1.807) is 12.3 Å². The molecule has 1 N–H and O–H groups in total. The number of nitrogens with zero attached hydrogens (tertiary/aromatic N) is 4. The van der Waals surface area contributed by atoms with Crippen LogP contribution in [0.1, 0.15) is 22.4 Å². The van der Waals surface area contributed by atoms with Gasteiger partial charge >= 0.3 is 6.18 Å². The molecule has 37 heavy (non-hydrogen) atoms. The lowest BCUT2D eigenvalue weighted by Gasteiger charge is -2.49. The van der Waals surface area contributed by atoms with E-state index in [2.05, 4.69) is 26.2 Å². The van der Waals surface area contributed by atoms with Crippen molar-refractivity contribution in [2.75, 3.05) is 36.0 Å². The van der Waals surface area contributed by atoms with Crippen LogP contribution in [0.15, 0.2) is 66.9 Å². The molecule has 3 heterocycles. The van der Waals surface area contributed by atoms with Crippen LogP contribution in [0.25, 0.3) is 0 Å². The maximum Gasteiger partial charge on any atom is 0.416 e. The molecule has 1 fully saturated rings. The van der Waals surface area contributed by atoms with Gasteiger partial charge in [-0.2, -0.15) is 18.4 Å². The maximum absolute atomic E-state index is 13.5. The quantitative estimate of drug-likeness (QED) is 0.563. The van der Waals surface area contributed by atoms with E-state index in [-0.39, 0.29) is 18.4 Å². The average molecular weight is 506 g/mol. The number of carbonyl (C=O) groups excluding carboxylic acids is 1. The zero-order chi connectivity index (χ0) is 26.0.